The summed E-state index contributed by atoms with van der Waals surface area (Å²) >= 11 is 0. The fourth-order valence-corrected chi connectivity index (χ4v) is 4.87. The molecule has 0 saturated heterocycles. The van der Waals surface area contributed by atoms with Crippen LogP contribution in [-0.2, 0) is 14.8 Å². The Hall–Kier alpha value is -2.74. The lowest BCUT2D eigenvalue weighted by Crippen LogP contribution is -2.49. The molecule has 3 rings (SSSR count). The molecule has 1 aliphatic heterocycles. The number of carbonyl (C=O) groups excluding carboxylic acids is 1. The lowest BCUT2D eigenvalue weighted by atomic mass is 10.1. The van der Waals surface area contributed by atoms with Crippen LogP contribution < -0.4 is 19.1 Å². The van der Waals surface area contributed by atoms with Gasteiger partial charge in [0, 0.05) is 6.07 Å². The topological polar surface area (TPSA) is 84.9 Å². The van der Waals surface area contributed by atoms with Crippen LogP contribution in [0.1, 0.15) is 12.5 Å². The van der Waals surface area contributed by atoms with Crippen molar-refractivity contribution >= 4 is 27.3 Å². The van der Waals surface area contributed by atoms with Gasteiger partial charge in [0.15, 0.2) is 11.5 Å². The van der Waals surface area contributed by atoms with Gasteiger partial charge in [-0.05, 0) is 37.6 Å². The maximum Gasteiger partial charge on any atom is 0.265 e. The predicted octanol–water partition coefficient (Wildman–Crippen LogP) is 2.55. The summed E-state index contributed by atoms with van der Waals surface area (Å²) in [7, 11) is -1.08. The summed E-state index contributed by atoms with van der Waals surface area (Å²) < 4.78 is 38.5. The van der Waals surface area contributed by atoms with E-state index in [1.54, 1.807) is 44.2 Å². The zero-order valence-corrected chi connectivity index (χ0v) is 15.8. The highest BCUT2D eigenvalue weighted by Crippen LogP contribution is 2.39. The van der Waals surface area contributed by atoms with Gasteiger partial charge in [-0.1, -0.05) is 12.1 Å². The number of nitrogens with one attached hydrogen (secondary N) is 1. The van der Waals surface area contributed by atoms with Crippen LogP contribution in [0.4, 0.5) is 11.4 Å². The first-order chi connectivity index (χ1) is 12.3. The number of fused-ring (bicyclic) bond motifs is 1. The van der Waals surface area contributed by atoms with E-state index in [0.29, 0.717) is 28.4 Å². The lowest BCUT2D eigenvalue weighted by molar-refractivity contribution is -0.117. The number of benzene rings is 2. The minimum atomic E-state index is -4.01. The molecule has 1 atom stereocenters. The second kappa shape index (κ2) is 6.53. The van der Waals surface area contributed by atoms with Crippen LogP contribution in [0.25, 0.3) is 0 Å². The maximum atomic E-state index is 13.4. The van der Waals surface area contributed by atoms with Crippen LogP contribution in [0, 0.1) is 6.92 Å². The first-order valence-electron chi connectivity index (χ1n) is 7.98. The average Bonchev–Trinajstić information content (AvgIpc) is 2.61. The maximum absolute atomic E-state index is 13.4. The molecule has 0 saturated carbocycles. The fourth-order valence-electron chi connectivity index (χ4n) is 3.01. The summed E-state index contributed by atoms with van der Waals surface area (Å²) in [5.74, 6) is 0.360. The molecule has 1 aliphatic rings. The van der Waals surface area contributed by atoms with Crippen LogP contribution in [0.15, 0.2) is 41.3 Å². The number of para-hydroxylation sites is 2. The molecule has 138 valence electrons. The minimum absolute atomic E-state index is 0.0616. The van der Waals surface area contributed by atoms with Crippen molar-refractivity contribution in [2.75, 3.05) is 23.8 Å². The van der Waals surface area contributed by atoms with Gasteiger partial charge in [0.05, 0.1) is 30.5 Å². The molecule has 8 heteroatoms. The molecule has 7 nitrogen and oxygen atoms in total. The zero-order chi connectivity index (χ0) is 19.1. The van der Waals surface area contributed by atoms with E-state index in [1.165, 1.54) is 20.3 Å². The van der Waals surface area contributed by atoms with E-state index < -0.39 is 16.1 Å². The summed E-state index contributed by atoms with van der Waals surface area (Å²) in [5.41, 5.74) is 1.38. The average molecular weight is 376 g/mol. The summed E-state index contributed by atoms with van der Waals surface area (Å²) in [5, 5.41) is 2.73. The van der Waals surface area contributed by atoms with E-state index >= 15 is 0 Å². The highest BCUT2D eigenvalue weighted by Gasteiger charge is 2.39. The van der Waals surface area contributed by atoms with Crippen molar-refractivity contribution in [2.45, 2.75) is 24.8 Å². The number of sulfonamides is 1. The van der Waals surface area contributed by atoms with E-state index in [4.69, 9.17) is 9.47 Å². The zero-order valence-electron chi connectivity index (χ0n) is 14.9. The second-order valence-corrected chi connectivity index (χ2v) is 7.74. The number of carbonyl (C=O) groups is 1. The molecule has 0 aromatic heterocycles. The summed E-state index contributed by atoms with van der Waals surface area (Å²) in [6, 6.07) is 8.94. The molecular weight excluding hydrogens is 356 g/mol. The van der Waals surface area contributed by atoms with Crippen molar-refractivity contribution in [3.05, 3.63) is 42.0 Å². The summed E-state index contributed by atoms with van der Waals surface area (Å²) in [6.07, 6.45) is 0. The van der Waals surface area contributed by atoms with Gasteiger partial charge in [0.25, 0.3) is 10.0 Å². The number of anilines is 2. The van der Waals surface area contributed by atoms with Crippen LogP contribution in [-0.4, -0.2) is 34.6 Å². The Morgan fingerprint density at radius 3 is 2.35 bits per heavy atom. The molecular formula is C18H20N2O5S. The highest BCUT2D eigenvalue weighted by molar-refractivity contribution is 7.93. The Morgan fingerprint density at radius 1 is 1.08 bits per heavy atom. The van der Waals surface area contributed by atoms with Crippen LogP contribution in [0.2, 0.25) is 0 Å². The van der Waals surface area contributed by atoms with Gasteiger partial charge in [-0.2, -0.15) is 0 Å². The molecule has 0 unspecified atom stereocenters. The van der Waals surface area contributed by atoms with Gasteiger partial charge in [0.1, 0.15) is 6.04 Å². The first-order valence-corrected chi connectivity index (χ1v) is 9.42. The van der Waals surface area contributed by atoms with Gasteiger partial charge in [-0.3, -0.25) is 9.10 Å². The number of methoxy groups -OCH3 is 2. The molecule has 0 spiro atoms. The molecule has 0 radical (unpaired) electrons. The molecule has 0 fully saturated rings. The quantitative estimate of drug-likeness (QED) is 0.886. The Labute approximate surface area is 152 Å². The molecule has 2 aromatic rings. The van der Waals surface area contributed by atoms with E-state index in [0.717, 1.165) is 4.31 Å². The van der Waals surface area contributed by atoms with Gasteiger partial charge in [-0.15, -0.1) is 0 Å². The van der Waals surface area contributed by atoms with Crippen molar-refractivity contribution in [2.24, 2.45) is 0 Å². The number of rotatable bonds is 4. The number of hydrogen-bond donors (Lipinski definition) is 1. The van der Waals surface area contributed by atoms with Gasteiger partial charge >= 0.3 is 0 Å². The molecule has 1 N–H and O–H groups in total. The molecule has 0 aliphatic carbocycles. The van der Waals surface area contributed by atoms with Crippen molar-refractivity contribution in [1.82, 2.24) is 0 Å². The third-order valence-corrected chi connectivity index (χ3v) is 6.38. The smallest absolute Gasteiger partial charge is 0.265 e. The van der Waals surface area contributed by atoms with E-state index in [1.807, 2.05) is 0 Å². The van der Waals surface area contributed by atoms with Gasteiger partial charge in [0.2, 0.25) is 5.91 Å². The van der Waals surface area contributed by atoms with Gasteiger partial charge < -0.3 is 14.8 Å². The summed E-state index contributed by atoms with van der Waals surface area (Å²) in [6.45, 7) is 3.23. The minimum Gasteiger partial charge on any atom is -0.493 e. The Kier molecular flexibility index (Phi) is 4.53. The molecule has 26 heavy (non-hydrogen) atoms. The van der Waals surface area contributed by atoms with E-state index in [9.17, 15) is 13.2 Å². The lowest BCUT2D eigenvalue weighted by Gasteiger charge is -2.35. The largest absolute Gasteiger partial charge is 0.493 e. The Bertz CT molecular complexity index is 972. The number of hydrogen-bond acceptors (Lipinski definition) is 5. The molecule has 0 bridgehead atoms. The van der Waals surface area contributed by atoms with Gasteiger partial charge in [-0.25, -0.2) is 8.42 Å². The Balaban J connectivity index is 2.21. The predicted molar refractivity (Wildman–Crippen MR) is 98.5 cm³/mol. The number of nitrogens with zero attached hydrogens (tertiary/aromatic N) is 1. The van der Waals surface area contributed by atoms with Crippen molar-refractivity contribution < 1.29 is 22.7 Å². The first kappa shape index (κ1) is 18.1. The molecule has 1 amide bonds. The normalized spacial score (nSPS) is 16.7. The summed E-state index contributed by atoms with van der Waals surface area (Å²) in [4.78, 5) is 12.4. The second-order valence-electron chi connectivity index (χ2n) is 5.96. The van der Waals surface area contributed by atoms with Crippen molar-refractivity contribution in [3.8, 4) is 11.5 Å². The molecule has 1 heterocycles. The van der Waals surface area contributed by atoms with E-state index in [2.05, 4.69) is 5.32 Å². The van der Waals surface area contributed by atoms with Crippen molar-refractivity contribution in [3.63, 3.8) is 0 Å². The number of aryl methyl sites for hydroxylation is 1. The highest BCUT2D eigenvalue weighted by atomic mass is 32.2. The third kappa shape index (κ3) is 2.76. The molecule has 2 aromatic carbocycles. The standard InChI is InChI=1S/C18H20N2O5S/c1-11-9-15(24-3)16(25-4)10-17(11)26(22,23)20-12(2)18(21)19-13-7-5-6-8-14(13)20/h5-10,12H,1-4H3,(H,19,21)/t12-/m1/s1. The van der Waals surface area contributed by atoms with E-state index in [-0.39, 0.29) is 10.8 Å². The van der Waals surface area contributed by atoms with Crippen LogP contribution in [0.3, 0.4) is 0 Å². The van der Waals surface area contributed by atoms with Crippen LogP contribution >= 0.6 is 0 Å². The number of amides is 1. The monoisotopic (exact) mass is 376 g/mol. The third-order valence-electron chi connectivity index (χ3n) is 4.35. The van der Waals surface area contributed by atoms with Crippen molar-refractivity contribution in [1.29, 1.82) is 0 Å². The fraction of sp³-hybridized carbons (Fsp3) is 0.278. The van der Waals surface area contributed by atoms with Crippen LogP contribution in [0.5, 0.6) is 11.5 Å². The number of ether oxygens (including phenoxy) is 2. The SMILES string of the molecule is COc1cc(C)c(S(=O)(=O)N2c3ccccc3NC(=O)[C@H]2C)cc1OC. The Morgan fingerprint density at radius 2 is 1.69 bits per heavy atom.